The SMILES string of the molecule is CC1(CN)CCN(C(=O)C2CCCN2C(=O)c2ccc([N+](=O)[O-])s2)C1. The summed E-state index contributed by atoms with van der Waals surface area (Å²) in [6.45, 7) is 4.38. The van der Waals surface area contributed by atoms with Crippen molar-refractivity contribution in [2.24, 2.45) is 11.1 Å². The van der Waals surface area contributed by atoms with Crippen molar-refractivity contribution in [3.63, 3.8) is 0 Å². The van der Waals surface area contributed by atoms with Gasteiger partial charge in [-0.2, -0.15) is 0 Å². The molecule has 0 spiro atoms. The van der Waals surface area contributed by atoms with Crippen LogP contribution in [0.5, 0.6) is 0 Å². The predicted molar refractivity (Wildman–Crippen MR) is 93.4 cm³/mol. The standard InChI is InChI=1S/C16H22N4O4S/c1-16(9-17)6-8-18(10-16)14(21)11-3-2-7-19(11)15(22)12-4-5-13(25-12)20(23)24/h4-5,11H,2-3,6-10,17H2,1H3. The first-order chi connectivity index (χ1) is 11.8. The Morgan fingerprint density at radius 3 is 2.80 bits per heavy atom. The number of nitrogens with zero attached hydrogens (tertiary/aromatic N) is 3. The van der Waals surface area contributed by atoms with E-state index in [2.05, 4.69) is 6.92 Å². The van der Waals surface area contributed by atoms with Crippen LogP contribution >= 0.6 is 11.3 Å². The van der Waals surface area contributed by atoms with Crippen LogP contribution in [-0.4, -0.2) is 58.8 Å². The summed E-state index contributed by atoms with van der Waals surface area (Å²) in [5, 5.41) is 10.7. The van der Waals surface area contributed by atoms with Crippen LogP contribution in [0, 0.1) is 15.5 Å². The summed E-state index contributed by atoms with van der Waals surface area (Å²) in [6, 6.07) is 2.32. The zero-order valence-electron chi connectivity index (χ0n) is 14.1. The fourth-order valence-electron chi connectivity index (χ4n) is 3.54. The summed E-state index contributed by atoms with van der Waals surface area (Å²) in [5.41, 5.74) is 5.75. The largest absolute Gasteiger partial charge is 0.340 e. The molecule has 0 aromatic carbocycles. The van der Waals surface area contributed by atoms with E-state index in [1.165, 1.54) is 12.1 Å². The Bertz CT molecular complexity index is 706. The molecule has 25 heavy (non-hydrogen) atoms. The predicted octanol–water partition coefficient (Wildman–Crippen LogP) is 1.46. The number of thiophene rings is 1. The first-order valence-corrected chi connectivity index (χ1v) is 9.20. The second-order valence-electron chi connectivity index (χ2n) is 7.08. The molecule has 2 fully saturated rings. The number of hydrogen-bond acceptors (Lipinski definition) is 6. The molecule has 2 aliphatic rings. The molecule has 0 saturated carbocycles. The zero-order chi connectivity index (χ0) is 18.2. The van der Waals surface area contributed by atoms with Gasteiger partial charge in [0.1, 0.15) is 6.04 Å². The maximum Gasteiger partial charge on any atom is 0.324 e. The van der Waals surface area contributed by atoms with Gasteiger partial charge in [-0.15, -0.1) is 0 Å². The van der Waals surface area contributed by atoms with Gasteiger partial charge in [-0.25, -0.2) is 0 Å². The van der Waals surface area contributed by atoms with E-state index in [-0.39, 0.29) is 22.2 Å². The molecule has 2 aliphatic heterocycles. The molecule has 136 valence electrons. The lowest BCUT2D eigenvalue weighted by molar-refractivity contribution is -0.380. The fraction of sp³-hybridized carbons (Fsp3) is 0.625. The maximum absolute atomic E-state index is 12.9. The number of nitro groups is 1. The highest BCUT2D eigenvalue weighted by atomic mass is 32.1. The molecule has 3 heterocycles. The van der Waals surface area contributed by atoms with E-state index in [1.54, 1.807) is 9.80 Å². The quantitative estimate of drug-likeness (QED) is 0.641. The third kappa shape index (κ3) is 3.38. The highest BCUT2D eigenvalue weighted by molar-refractivity contribution is 7.17. The van der Waals surface area contributed by atoms with Crippen LogP contribution in [0.15, 0.2) is 12.1 Å². The van der Waals surface area contributed by atoms with Gasteiger partial charge in [0, 0.05) is 25.7 Å². The Kier molecular flexibility index (Phi) is 4.79. The molecule has 0 bridgehead atoms. The molecular formula is C16H22N4O4S. The van der Waals surface area contributed by atoms with Gasteiger partial charge >= 0.3 is 5.00 Å². The van der Waals surface area contributed by atoms with Crippen LogP contribution in [0.1, 0.15) is 35.9 Å². The van der Waals surface area contributed by atoms with E-state index < -0.39 is 11.0 Å². The summed E-state index contributed by atoms with van der Waals surface area (Å²) >= 11 is 0.854. The van der Waals surface area contributed by atoms with Gasteiger partial charge < -0.3 is 15.5 Å². The lowest BCUT2D eigenvalue weighted by Gasteiger charge is -2.29. The molecule has 2 N–H and O–H groups in total. The molecule has 9 heteroatoms. The number of carbonyl (C=O) groups excluding carboxylic acids is 2. The van der Waals surface area contributed by atoms with Gasteiger partial charge in [-0.1, -0.05) is 18.3 Å². The minimum Gasteiger partial charge on any atom is -0.340 e. The van der Waals surface area contributed by atoms with Gasteiger partial charge in [-0.3, -0.25) is 19.7 Å². The second kappa shape index (κ2) is 6.72. The number of hydrogen-bond donors (Lipinski definition) is 1. The zero-order valence-corrected chi connectivity index (χ0v) is 15.0. The van der Waals surface area contributed by atoms with E-state index in [4.69, 9.17) is 5.73 Å². The average molecular weight is 366 g/mol. The molecule has 0 aliphatic carbocycles. The van der Waals surface area contributed by atoms with E-state index in [9.17, 15) is 19.7 Å². The summed E-state index contributed by atoms with van der Waals surface area (Å²) < 4.78 is 0. The molecule has 2 amide bonds. The average Bonchev–Trinajstić information content (AvgIpc) is 3.32. The van der Waals surface area contributed by atoms with E-state index in [0.29, 0.717) is 37.5 Å². The monoisotopic (exact) mass is 366 g/mol. The van der Waals surface area contributed by atoms with E-state index in [0.717, 1.165) is 24.2 Å². The van der Waals surface area contributed by atoms with Crippen LogP contribution in [-0.2, 0) is 4.79 Å². The van der Waals surface area contributed by atoms with Gasteiger partial charge in [-0.05, 0) is 37.3 Å². The number of likely N-dealkylation sites (tertiary alicyclic amines) is 2. The smallest absolute Gasteiger partial charge is 0.324 e. The second-order valence-corrected chi connectivity index (χ2v) is 8.14. The Morgan fingerprint density at radius 2 is 2.20 bits per heavy atom. The normalized spacial score (nSPS) is 26.2. The maximum atomic E-state index is 12.9. The van der Waals surface area contributed by atoms with Crippen molar-refractivity contribution in [3.05, 3.63) is 27.1 Å². The van der Waals surface area contributed by atoms with Crippen LogP contribution in [0.3, 0.4) is 0 Å². The van der Waals surface area contributed by atoms with Crippen molar-refractivity contribution in [2.75, 3.05) is 26.2 Å². The Balaban J connectivity index is 1.72. The third-order valence-corrected chi connectivity index (χ3v) is 6.17. The van der Waals surface area contributed by atoms with Crippen molar-refractivity contribution >= 4 is 28.2 Å². The topological polar surface area (TPSA) is 110 Å². The van der Waals surface area contributed by atoms with Crippen molar-refractivity contribution in [2.45, 2.75) is 32.2 Å². The number of nitrogens with two attached hydrogens (primary N) is 1. The van der Waals surface area contributed by atoms with Gasteiger partial charge in [0.05, 0.1) is 9.80 Å². The fourth-order valence-corrected chi connectivity index (χ4v) is 4.31. The van der Waals surface area contributed by atoms with Gasteiger partial charge in [0.15, 0.2) is 0 Å². The summed E-state index contributed by atoms with van der Waals surface area (Å²) in [5.74, 6) is -0.330. The van der Waals surface area contributed by atoms with Crippen molar-refractivity contribution in [3.8, 4) is 0 Å². The lowest BCUT2D eigenvalue weighted by atomic mass is 9.90. The Labute approximate surface area is 149 Å². The van der Waals surface area contributed by atoms with Crippen molar-refractivity contribution in [1.82, 2.24) is 9.80 Å². The van der Waals surface area contributed by atoms with Gasteiger partial charge in [0.2, 0.25) is 5.91 Å². The van der Waals surface area contributed by atoms with Crippen molar-refractivity contribution < 1.29 is 14.5 Å². The molecule has 1 aromatic rings. The molecular weight excluding hydrogens is 344 g/mol. The molecule has 0 radical (unpaired) electrons. The highest BCUT2D eigenvalue weighted by Gasteiger charge is 2.42. The lowest BCUT2D eigenvalue weighted by Crippen LogP contribution is -2.47. The molecule has 3 rings (SSSR count). The molecule has 2 saturated heterocycles. The van der Waals surface area contributed by atoms with Crippen molar-refractivity contribution in [1.29, 1.82) is 0 Å². The molecule has 8 nitrogen and oxygen atoms in total. The third-order valence-electron chi connectivity index (χ3n) is 5.14. The highest BCUT2D eigenvalue weighted by Crippen LogP contribution is 2.32. The Morgan fingerprint density at radius 1 is 1.44 bits per heavy atom. The molecule has 2 unspecified atom stereocenters. The summed E-state index contributed by atoms with van der Waals surface area (Å²) in [7, 11) is 0. The van der Waals surface area contributed by atoms with Crippen LogP contribution in [0.2, 0.25) is 0 Å². The summed E-state index contributed by atoms with van der Waals surface area (Å²) in [6.07, 6.45) is 2.26. The van der Waals surface area contributed by atoms with E-state index in [1.807, 2.05) is 0 Å². The first-order valence-electron chi connectivity index (χ1n) is 8.39. The van der Waals surface area contributed by atoms with Crippen LogP contribution < -0.4 is 5.73 Å². The minimum atomic E-state index is -0.508. The number of carbonyl (C=O) groups is 2. The molecule has 2 atom stereocenters. The van der Waals surface area contributed by atoms with Crippen LogP contribution in [0.25, 0.3) is 0 Å². The minimum absolute atomic E-state index is 0.0333. The van der Waals surface area contributed by atoms with Crippen LogP contribution in [0.4, 0.5) is 5.00 Å². The Hall–Kier alpha value is -2.00. The number of rotatable bonds is 4. The molecule has 1 aromatic heterocycles. The number of amides is 2. The summed E-state index contributed by atoms with van der Waals surface area (Å²) in [4.78, 5) is 39.6. The van der Waals surface area contributed by atoms with Gasteiger partial charge in [0.25, 0.3) is 5.91 Å². The van der Waals surface area contributed by atoms with E-state index >= 15 is 0 Å². The first kappa shape index (κ1) is 17.8.